The molecule has 0 saturated heterocycles. The van der Waals surface area contributed by atoms with E-state index in [1.54, 1.807) is 6.92 Å². The van der Waals surface area contributed by atoms with Crippen LogP contribution in [-0.2, 0) is 22.7 Å². The molecule has 0 aliphatic rings. The lowest BCUT2D eigenvalue weighted by atomic mass is 10.8. The molecule has 0 aromatic rings. The van der Waals surface area contributed by atoms with Crippen LogP contribution in [-0.4, -0.2) is 19.8 Å². The van der Waals surface area contributed by atoms with Crippen molar-refractivity contribution in [3.8, 4) is 24.7 Å². The van der Waals surface area contributed by atoms with E-state index in [0.717, 1.165) is 0 Å². The van der Waals surface area contributed by atoms with E-state index in [2.05, 4.69) is 25.4 Å². The summed E-state index contributed by atoms with van der Waals surface area (Å²) in [5.74, 6) is 4.17. The number of terminal acetylenes is 2. The third-order valence-electron chi connectivity index (χ3n) is 1.06. The maximum absolute atomic E-state index is 11.8. The summed E-state index contributed by atoms with van der Waals surface area (Å²) in [6, 6.07) is 0. The number of rotatable bonds is 7. The van der Waals surface area contributed by atoms with Crippen LogP contribution in [0.3, 0.4) is 0 Å². The summed E-state index contributed by atoms with van der Waals surface area (Å²) in [5.41, 5.74) is 0. The van der Waals surface area contributed by atoms with Crippen molar-refractivity contribution in [1.82, 2.24) is 0 Å². The van der Waals surface area contributed by atoms with E-state index in [-0.39, 0.29) is 19.8 Å². The lowest BCUT2D eigenvalue weighted by Gasteiger charge is -2.03. The highest BCUT2D eigenvalue weighted by molar-refractivity contribution is 8.21. The van der Waals surface area contributed by atoms with Gasteiger partial charge in [-0.25, -0.2) is 4.57 Å². The normalized spacial score (nSPS) is 11.5. The molecule has 0 spiro atoms. The highest BCUT2D eigenvalue weighted by atomic mass is 32.1. The van der Waals surface area contributed by atoms with E-state index in [1.807, 2.05) is 0 Å². The van der Waals surface area contributed by atoms with E-state index in [0.29, 0.717) is 0 Å². The smallest absolute Gasteiger partial charge is 0.256 e. The monoisotopic (exact) mass is 249 g/mol. The minimum atomic E-state index is -3.86. The Hall–Kier alpha value is -0.670. The Labute approximate surface area is 89.8 Å². The molecule has 7 heteroatoms. The molecule has 82 valence electrons. The quantitative estimate of drug-likeness (QED) is 0.511. The van der Waals surface area contributed by atoms with Gasteiger partial charge in [-0.05, 0) is 11.5 Å². The third-order valence-corrected chi connectivity index (χ3v) is 5.09. The van der Waals surface area contributed by atoms with E-state index in [1.165, 1.54) is 0 Å². The first-order chi connectivity index (χ1) is 7.10. The Balaban J connectivity index is 4.56. The Morgan fingerprint density at radius 2 is 1.73 bits per heavy atom. The molecular weight excluding hydrogens is 238 g/mol. The maximum Gasteiger partial charge on any atom is 0.622 e. The third kappa shape index (κ3) is 5.09. The van der Waals surface area contributed by atoms with Gasteiger partial charge in [0.1, 0.15) is 19.8 Å². The Kier molecular flexibility index (Phi) is 7.26. The second-order valence-electron chi connectivity index (χ2n) is 2.08. The van der Waals surface area contributed by atoms with Gasteiger partial charge in [-0.2, -0.15) is 0 Å². The summed E-state index contributed by atoms with van der Waals surface area (Å²) in [6.45, 7) is 1.16. The van der Waals surface area contributed by atoms with Gasteiger partial charge in [0.05, 0.1) is 0 Å². The fourth-order valence-electron chi connectivity index (χ4n) is 0.550. The van der Waals surface area contributed by atoms with Crippen molar-refractivity contribution in [3.05, 3.63) is 0 Å². The fourth-order valence-corrected chi connectivity index (χ4v) is 3.33. The SMILES string of the molecule is C#CCOP(=O)(OCC#C)[P+](=O)OCC. The zero-order chi connectivity index (χ0) is 11.7. The van der Waals surface area contributed by atoms with Crippen molar-refractivity contribution in [2.45, 2.75) is 6.92 Å². The summed E-state index contributed by atoms with van der Waals surface area (Å²) in [5, 5.41) is 0. The highest BCUT2D eigenvalue weighted by Crippen LogP contribution is 2.70. The van der Waals surface area contributed by atoms with Crippen LogP contribution in [0.4, 0.5) is 0 Å². The Bertz CT molecular complexity index is 316. The molecule has 0 radical (unpaired) electrons. The highest BCUT2D eigenvalue weighted by Gasteiger charge is 2.51. The van der Waals surface area contributed by atoms with Gasteiger partial charge in [-0.3, -0.25) is 9.05 Å². The van der Waals surface area contributed by atoms with E-state index < -0.39 is 15.0 Å². The standard InChI is InChI=1S/C8H11O5P2/c1-4-7-12-15(10,13-8-5-2)14(9)11-6-3/h1-2H,6-8H2,3H3/q+1. The zero-order valence-electron chi connectivity index (χ0n) is 8.21. The topological polar surface area (TPSA) is 61.8 Å². The summed E-state index contributed by atoms with van der Waals surface area (Å²) in [6.07, 6.45) is 9.82. The van der Waals surface area contributed by atoms with Crippen molar-refractivity contribution in [1.29, 1.82) is 0 Å². The van der Waals surface area contributed by atoms with Gasteiger partial charge in [0.15, 0.2) is 0 Å². The minimum absolute atomic E-state index is 0.123. The molecule has 1 atom stereocenters. The molecule has 1 unspecified atom stereocenters. The summed E-state index contributed by atoms with van der Waals surface area (Å²) in [7, 11) is -6.44. The molecule has 5 nitrogen and oxygen atoms in total. The predicted molar refractivity (Wildman–Crippen MR) is 56.4 cm³/mol. The second-order valence-corrected chi connectivity index (χ2v) is 6.72. The molecule has 0 aromatic heterocycles. The molecule has 0 N–H and O–H groups in total. The van der Waals surface area contributed by atoms with Crippen molar-refractivity contribution in [2.75, 3.05) is 19.8 Å². The average Bonchev–Trinajstić information content (AvgIpc) is 2.24. The van der Waals surface area contributed by atoms with Gasteiger partial charge in [0.25, 0.3) is 0 Å². The summed E-state index contributed by atoms with van der Waals surface area (Å²) < 4.78 is 37.2. The van der Waals surface area contributed by atoms with Crippen LogP contribution in [0.15, 0.2) is 0 Å². The lowest BCUT2D eigenvalue weighted by Crippen LogP contribution is -1.95. The first-order valence-electron chi connectivity index (χ1n) is 3.97. The summed E-state index contributed by atoms with van der Waals surface area (Å²) in [4.78, 5) is 0. The molecule has 15 heavy (non-hydrogen) atoms. The van der Waals surface area contributed by atoms with Crippen molar-refractivity contribution >= 4 is 15.0 Å². The predicted octanol–water partition coefficient (Wildman–Crippen LogP) is 2.17. The lowest BCUT2D eigenvalue weighted by molar-refractivity contribution is 0.249. The van der Waals surface area contributed by atoms with Crippen LogP contribution in [0.25, 0.3) is 0 Å². The number of hydrogen-bond acceptors (Lipinski definition) is 5. The molecule has 0 aliphatic carbocycles. The van der Waals surface area contributed by atoms with Gasteiger partial charge in [-0.15, -0.1) is 17.4 Å². The van der Waals surface area contributed by atoms with Gasteiger partial charge in [-0.1, -0.05) is 11.8 Å². The van der Waals surface area contributed by atoms with Gasteiger partial charge in [0.2, 0.25) is 0 Å². The molecule has 0 saturated carbocycles. The fraction of sp³-hybridized carbons (Fsp3) is 0.500. The van der Waals surface area contributed by atoms with Gasteiger partial charge in [0, 0.05) is 0 Å². The number of hydrogen-bond donors (Lipinski definition) is 0. The molecule has 0 aromatic carbocycles. The second kappa shape index (κ2) is 7.60. The van der Waals surface area contributed by atoms with Gasteiger partial charge >= 0.3 is 15.0 Å². The van der Waals surface area contributed by atoms with Crippen LogP contribution in [0.1, 0.15) is 6.92 Å². The largest absolute Gasteiger partial charge is 0.622 e. The van der Waals surface area contributed by atoms with Crippen LogP contribution < -0.4 is 0 Å². The van der Waals surface area contributed by atoms with Crippen LogP contribution in [0, 0.1) is 24.7 Å². The van der Waals surface area contributed by atoms with Gasteiger partial charge < -0.3 is 0 Å². The Morgan fingerprint density at radius 3 is 2.07 bits per heavy atom. The molecule has 0 heterocycles. The van der Waals surface area contributed by atoms with Crippen molar-refractivity contribution in [2.24, 2.45) is 0 Å². The molecule has 0 rings (SSSR count). The maximum atomic E-state index is 11.8. The van der Waals surface area contributed by atoms with Crippen LogP contribution >= 0.6 is 15.0 Å². The first kappa shape index (κ1) is 14.3. The van der Waals surface area contributed by atoms with E-state index in [4.69, 9.17) is 12.8 Å². The Morgan fingerprint density at radius 1 is 1.27 bits per heavy atom. The molecular formula is C8H11O5P2+. The minimum Gasteiger partial charge on any atom is -0.256 e. The summed E-state index contributed by atoms with van der Waals surface area (Å²) >= 11 is 0. The molecule has 0 aliphatic heterocycles. The molecule has 0 bridgehead atoms. The molecule has 0 fully saturated rings. The van der Waals surface area contributed by atoms with Crippen LogP contribution in [0.2, 0.25) is 0 Å². The first-order valence-corrected chi connectivity index (χ1v) is 7.40. The van der Waals surface area contributed by atoms with E-state index in [9.17, 15) is 9.13 Å². The van der Waals surface area contributed by atoms with Crippen LogP contribution in [0.5, 0.6) is 0 Å². The zero-order valence-corrected chi connectivity index (χ0v) is 10.0. The van der Waals surface area contributed by atoms with E-state index >= 15 is 0 Å². The van der Waals surface area contributed by atoms with Crippen molar-refractivity contribution in [3.63, 3.8) is 0 Å². The molecule has 0 amide bonds. The van der Waals surface area contributed by atoms with Crippen molar-refractivity contribution < 1.29 is 22.7 Å². The average molecular weight is 249 g/mol.